The van der Waals surface area contributed by atoms with Crippen molar-refractivity contribution >= 4 is 10.8 Å². The molecule has 2 unspecified atom stereocenters. The zero-order chi connectivity index (χ0) is 14.6. The van der Waals surface area contributed by atoms with Gasteiger partial charge in [0.15, 0.2) is 0 Å². The van der Waals surface area contributed by atoms with Gasteiger partial charge in [-0.15, -0.1) is 0 Å². The molecule has 1 aliphatic heterocycles. The van der Waals surface area contributed by atoms with Crippen molar-refractivity contribution in [1.29, 1.82) is 0 Å². The lowest BCUT2D eigenvalue weighted by molar-refractivity contribution is 0.0744. The van der Waals surface area contributed by atoms with Crippen molar-refractivity contribution in [2.24, 2.45) is 0 Å². The van der Waals surface area contributed by atoms with E-state index in [1.165, 1.54) is 0 Å². The van der Waals surface area contributed by atoms with Gasteiger partial charge in [-0.25, -0.2) is 0 Å². The summed E-state index contributed by atoms with van der Waals surface area (Å²) >= 11 is 0. The molecule has 0 saturated carbocycles. The highest BCUT2D eigenvalue weighted by atomic mass is 32.2. The van der Waals surface area contributed by atoms with Crippen molar-refractivity contribution in [1.82, 2.24) is 0 Å². The topological polar surface area (TPSA) is 38.8 Å². The minimum Gasteiger partial charge on any atom is -0.485 e. The molecule has 0 bridgehead atoms. The Morgan fingerprint density at radius 3 is 2.50 bits per heavy atom. The zero-order valence-corrected chi connectivity index (χ0v) is 13.4. The van der Waals surface area contributed by atoms with E-state index in [1.54, 1.807) is 0 Å². The summed E-state index contributed by atoms with van der Waals surface area (Å²) in [5, 5.41) is 0. The molecule has 1 aromatic carbocycles. The average molecular weight is 296 g/mol. The first kappa shape index (κ1) is 15.5. The maximum absolute atomic E-state index is 12.1. The van der Waals surface area contributed by atoms with E-state index in [0.717, 1.165) is 42.3 Å². The highest BCUT2D eigenvalue weighted by Crippen LogP contribution is 2.29. The first-order chi connectivity index (χ1) is 9.53. The fourth-order valence-electron chi connectivity index (χ4n) is 2.08. The molecule has 112 valence electrons. The first-order valence-corrected chi connectivity index (χ1v) is 8.64. The molecule has 1 saturated heterocycles. The second-order valence-corrected chi connectivity index (χ2v) is 7.33. The average Bonchev–Trinajstić information content (AvgIpc) is 3.24. The number of ether oxygens (including phenoxy) is 2. The second kappa shape index (κ2) is 6.72. The number of epoxide rings is 1. The Morgan fingerprint density at radius 2 is 1.95 bits per heavy atom. The minimum absolute atomic E-state index is 0.186. The molecule has 1 aliphatic rings. The Bertz CT molecular complexity index is 449. The van der Waals surface area contributed by atoms with Crippen LogP contribution in [0.5, 0.6) is 5.75 Å². The fraction of sp³-hybridized carbons (Fsp3) is 0.625. The summed E-state index contributed by atoms with van der Waals surface area (Å²) in [5.41, 5.74) is -0.304. The largest absolute Gasteiger partial charge is 0.485 e. The molecule has 1 heterocycles. The van der Waals surface area contributed by atoms with E-state index < -0.39 is 10.8 Å². The Balaban J connectivity index is 1.90. The molecular formula is C16H24O3S. The summed E-state index contributed by atoms with van der Waals surface area (Å²) in [4.78, 5) is 0.883. The molecule has 2 atom stereocenters. The number of rotatable bonds is 8. The van der Waals surface area contributed by atoms with Gasteiger partial charge in [0, 0.05) is 10.6 Å². The standard InChI is InChI=1S/C16H24O3S/c1-4-5-6-11-20(17)14-9-7-13(8-10-14)19-16(2,3)15-12-18-15/h7-10,15H,4-6,11-12H2,1-3H3. The summed E-state index contributed by atoms with van der Waals surface area (Å²) in [5.74, 6) is 1.55. The van der Waals surface area contributed by atoms with Crippen molar-refractivity contribution in [2.75, 3.05) is 12.4 Å². The number of hydrogen-bond donors (Lipinski definition) is 0. The number of hydrogen-bond acceptors (Lipinski definition) is 3. The minimum atomic E-state index is -0.893. The molecule has 0 radical (unpaired) electrons. The summed E-state index contributed by atoms with van der Waals surface area (Å²) in [6, 6.07) is 7.61. The molecule has 1 aromatic rings. The molecule has 2 rings (SSSR count). The van der Waals surface area contributed by atoms with Gasteiger partial charge < -0.3 is 9.47 Å². The SMILES string of the molecule is CCCCCS(=O)c1ccc(OC(C)(C)C2CO2)cc1. The third-order valence-corrected chi connectivity index (χ3v) is 4.97. The van der Waals surface area contributed by atoms with E-state index >= 15 is 0 Å². The highest BCUT2D eigenvalue weighted by Gasteiger charge is 2.41. The molecule has 0 amide bonds. The Hall–Kier alpha value is -0.870. The van der Waals surface area contributed by atoms with E-state index in [0.29, 0.717) is 0 Å². The molecule has 4 heteroatoms. The van der Waals surface area contributed by atoms with Crippen molar-refractivity contribution in [3.05, 3.63) is 24.3 Å². The van der Waals surface area contributed by atoms with Gasteiger partial charge in [0.2, 0.25) is 0 Å². The monoisotopic (exact) mass is 296 g/mol. The van der Waals surface area contributed by atoms with Gasteiger partial charge in [0.25, 0.3) is 0 Å². The molecule has 3 nitrogen and oxygen atoms in total. The Morgan fingerprint density at radius 1 is 1.30 bits per heavy atom. The van der Waals surface area contributed by atoms with Crippen LogP contribution in [-0.4, -0.2) is 28.3 Å². The molecule has 20 heavy (non-hydrogen) atoms. The lowest BCUT2D eigenvalue weighted by Crippen LogP contribution is -2.34. The predicted octanol–water partition coefficient (Wildman–Crippen LogP) is 3.54. The van der Waals surface area contributed by atoms with Crippen LogP contribution in [0.4, 0.5) is 0 Å². The summed E-state index contributed by atoms with van der Waals surface area (Å²) < 4.78 is 23.3. The van der Waals surface area contributed by atoms with Crippen molar-refractivity contribution in [2.45, 2.75) is 56.6 Å². The fourth-order valence-corrected chi connectivity index (χ4v) is 3.22. The normalized spacial score (nSPS) is 19.6. The number of unbranched alkanes of at least 4 members (excludes halogenated alkanes) is 2. The van der Waals surface area contributed by atoms with Crippen LogP contribution in [0.2, 0.25) is 0 Å². The lowest BCUT2D eigenvalue weighted by Gasteiger charge is -2.24. The zero-order valence-electron chi connectivity index (χ0n) is 12.6. The Labute approximate surface area is 124 Å². The summed E-state index contributed by atoms with van der Waals surface area (Å²) in [6.45, 7) is 6.98. The van der Waals surface area contributed by atoms with Crippen LogP contribution < -0.4 is 4.74 Å². The summed E-state index contributed by atoms with van der Waals surface area (Å²) in [7, 11) is -0.893. The van der Waals surface area contributed by atoms with Gasteiger partial charge in [0.1, 0.15) is 17.5 Å². The summed E-state index contributed by atoms with van der Waals surface area (Å²) in [6.07, 6.45) is 3.50. The van der Waals surface area contributed by atoms with E-state index in [1.807, 2.05) is 38.1 Å². The van der Waals surface area contributed by atoms with Crippen molar-refractivity contribution < 1.29 is 13.7 Å². The second-order valence-electron chi connectivity index (χ2n) is 5.76. The molecule has 1 fully saturated rings. The Kier molecular flexibility index (Phi) is 5.22. The van der Waals surface area contributed by atoms with Gasteiger partial charge in [-0.3, -0.25) is 4.21 Å². The predicted molar refractivity (Wildman–Crippen MR) is 81.7 cm³/mol. The molecule has 0 N–H and O–H groups in total. The maximum atomic E-state index is 12.1. The van der Waals surface area contributed by atoms with Crippen LogP contribution in [-0.2, 0) is 15.5 Å². The molecular weight excluding hydrogens is 272 g/mol. The van der Waals surface area contributed by atoms with Gasteiger partial charge >= 0.3 is 0 Å². The van der Waals surface area contributed by atoms with Gasteiger partial charge in [-0.1, -0.05) is 19.8 Å². The molecule has 0 aromatic heterocycles. The third-order valence-electron chi connectivity index (χ3n) is 3.51. The highest BCUT2D eigenvalue weighted by molar-refractivity contribution is 7.85. The van der Waals surface area contributed by atoms with Crippen LogP contribution in [0, 0.1) is 0 Å². The van der Waals surface area contributed by atoms with E-state index in [-0.39, 0.29) is 11.7 Å². The van der Waals surface area contributed by atoms with Gasteiger partial charge in [0.05, 0.1) is 17.4 Å². The lowest BCUT2D eigenvalue weighted by atomic mass is 10.1. The van der Waals surface area contributed by atoms with E-state index in [2.05, 4.69) is 6.92 Å². The quantitative estimate of drug-likeness (QED) is 0.544. The smallest absolute Gasteiger partial charge is 0.132 e. The maximum Gasteiger partial charge on any atom is 0.132 e. The van der Waals surface area contributed by atoms with Gasteiger partial charge in [-0.05, 0) is 44.5 Å². The van der Waals surface area contributed by atoms with Crippen LogP contribution in [0.25, 0.3) is 0 Å². The van der Waals surface area contributed by atoms with E-state index in [4.69, 9.17) is 9.47 Å². The van der Waals surface area contributed by atoms with Gasteiger partial charge in [-0.2, -0.15) is 0 Å². The van der Waals surface area contributed by atoms with Crippen LogP contribution in [0.15, 0.2) is 29.2 Å². The van der Waals surface area contributed by atoms with E-state index in [9.17, 15) is 4.21 Å². The van der Waals surface area contributed by atoms with Crippen LogP contribution >= 0.6 is 0 Å². The molecule has 0 aliphatic carbocycles. The number of benzene rings is 1. The third kappa shape index (κ3) is 4.32. The van der Waals surface area contributed by atoms with Crippen LogP contribution in [0.1, 0.15) is 40.0 Å². The van der Waals surface area contributed by atoms with Crippen molar-refractivity contribution in [3.63, 3.8) is 0 Å². The van der Waals surface area contributed by atoms with Crippen LogP contribution in [0.3, 0.4) is 0 Å². The van der Waals surface area contributed by atoms with Crippen molar-refractivity contribution in [3.8, 4) is 5.75 Å². The first-order valence-electron chi connectivity index (χ1n) is 7.32. The molecule has 0 spiro atoms.